The number of ether oxygens (including phenoxy) is 1. The molecule has 0 spiro atoms. The molecule has 0 aliphatic rings. The first-order chi connectivity index (χ1) is 8.61. The van der Waals surface area contributed by atoms with Crippen LogP contribution in [0.25, 0.3) is 0 Å². The SMILES string of the molecule is COc1cc(NCc2ccnn2C)c(F)cc1N. The predicted octanol–water partition coefficient (Wildman–Crippen LogP) is 1.76. The third-order valence-electron chi connectivity index (χ3n) is 2.70. The molecule has 0 atom stereocenters. The van der Waals surface area contributed by atoms with Gasteiger partial charge in [0.2, 0.25) is 0 Å². The predicted molar refractivity (Wildman–Crippen MR) is 67.9 cm³/mol. The maximum absolute atomic E-state index is 13.7. The molecule has 2 rings (SSSR count). The van der Waals surface area contributed by atoms with Gasteiger partial charge in [-0.1, -0.05) is 0 Å². The van der Waals surface area contributed by atoms with Gasteiger partial charge in [-0.15, -0.1) is 0 Å². The fourth-order valence-corrected chi connectivity index (χ4v) is 1.64. The van der Waals surface area contributed by atoms with Crippen LogP contribution < -0.4 is 15.8 Å². The van der Waals surface area contributed by atoms with Crippen LogP contribution in [0.3, 0.4) is 0 Å². The van der Waals surface area contributed by atoms with Crippen molar-refractivity contribution in [3.05, 3.63) is 35.9 Å². The molecule has 1 aromatic carbocycles. The maximum atomic E-state index is 13.7. The number of aromatic nitrogens is 2. The van der Waals surface area contributed by atoms with Crippen molar-refractivity contribution in [2.75, 3.05) is 18.2 Å². The zero-order valence-electron chi connectivity index (χ0n) is 10.3. The van der Waals surface area contributed by atoms with Crippen LogP contribution in [0.4, 0.5) is 15.8 Å². The van der Waals surface area contributed by atoms with Gasteiger partial charge in [-0.05, 0) is 6.07 Å². The summed E-state index contributed by atoms with van der Waals surface area (Å²) in [7, 11) is 3.32. The fraction of sp³-hybridized carbons (Fsp3) is 0.250. The van der Waals surface area contributed by atoms with Gasteiger partial charge >= 0.3 is 0 Å². The molecule has 0 fully saturated rings. The number of benzene rings is 1. The van der Waals surface area contributed by atoms with Gasteiger partial charge in [0, 0.05) is 25.4 Å². The Morgan fingerprint density at radius 1 is 1.50 bits per heavy atom. The molecule has 0 aliphatic heterocycles. The second-order valence-electron chi connectivity index (χ2n) is 3.87. The average Bonchev–Trinajstić information content (AvgIpc) is 2.74. The lowest BCUT2D eigenvalue weighted by Crippen LogP contribution is -2.07. The molecule has 0 saturated carbocycles. The number of hydrogen-bond donors (Lipinski definition) is 2. The monoisotopic (exact) mass is 250 g/mol. The Hall–Kier alpha value is -2.24. The minimum Gasteiger partial charge on any atom is -0.495 e. The van der Waals surface area contributed by atoms with Gasteiger partial charge < -0.3 is 15.8 Å². The van der Waals surface area contributed by atoms with Gasteiger partial charge in [0.05, 0.1) is 30.7 Å². The molecule has 3 N–H and O–H groups in total. The molecule has 1 aromatic heterocycles. The summed E-state index contributed by atoms with van der Waals surface area (Å²) >= 11 is 0. The van der Waals surface area contributed by atoms with Crippen molar-refractivity contribution in [1.82, 2.24) is 9.78 Å². The lowest BCUT2D eigenvalue weighted by molar-refractivity contribution is 0.416. The van der Waals surface area contributed by atoms with Crippen LogP contribution in [-0.4, -0.2) is 16.9 Å². The molecular weight excluding hydrogens is 235 g/mol. The first kappa shape index (κ1) is 12.2. The van der Waals surface area contributed by atoms with Crippen molar-refractivity contribution in [3.8, 4) is 5.75 Å². The van der Waals surface area contributed by atoms with E-state index in [-0.39, 0.29) is 5.69 Å². The van der Waals surface area contributed by atoms with Crippen molar-refractivity contribution >= 4 is 11.4 Å². The van der Waals surface area contributed by atoms with Crippen LogP contribution >= 0.6 is 0 Å². The number of nitrogens with two attached hydrogens (primary N) is 1. The first-order valence-corrected chi connectivity index (χ1v) is 5.45. The normalized spacial score (nSPS) is 10.4. The highest BCUT2D eigenvalue weighted by molar-refractivity contribution is 5.62. The standard InChI is InChI=1S/C12H15FN4O/c1-17-8(3-4-16-17)7-15-11-6-12(18-2)10(14)5-9(11)13/h3-6,15H,7,14H2,1-2H3. The third-order valence-corrected chi connectivity index (χ3v) is 2.70. The molecule has 0 unspecified atom stereocenters. The van der Waals surface area contributed by atoms with E-state index in [0.717, 1.165) is 5.69 Å². The van der Waals surface area contributed by atoms with Gasteiger partial charge in [0.15, 0.2) is 0 Å². The number of methoxy groups -OCH3 is 1. The van der Waals surface area contributed by atoms with E-state index in [2.05, 4.69) is 10.4 Å². The van der Waals surface area contributed by atoms with Crippen LogP contribution in [0.15, 0.2) is 24.4 Å². The second-order valence-corrected chi connectivity index (χ2v) is 3.87. The average molecular weight is 250 g/mol. The fourth-order valence-electron chi connectivity index (χ4n) is 1.64. The number of hydrogen-bond acceptors (Lipinski definition) is 4. The van der Waals surface area contributed by atoms with Crippen molar-refractivity contribution in [2.45, 2.75) is 6.54 Å². The van der Waals surface area contributed by atoms with Crippen LogP contribution in [-0.2, 0) is 13.6 Å². The molecule has 0 bridgehead atoms. The van der Waals surface area contributed by atoms with E-state index in [9.17, 15) is 4.39 Å². The molecule has 1 heterocycles. The maximum Gasteiger partial charge on any atom is 0.148 e. The summed E-state index contributed by atoms with van der Waals surface area (Å²) in [5.41, 5.74) is 7.19. The summed E-state index contributed by atoms with van der Waals surface area (Å²) in [6.07, 6.45) is 1.69. The van der Waals surface area contributed by atoms with Gasteiger partial charge in [-0.3, -0.25) is 4.68 Å². The zero-order valence-corrected chi connectivity index (χ0v) is 10.3. The van der Waals surface area contributed by atoms with E-state index in [1.54, 1.807) is 16.9 Å². The van der Waals surface area contributed by atoms with Crippen molar-refractivity contribution in [1.29, 1.82) is 0 Å². The van der Waals surface area contributed by atoms with Crippen molar-refractivity contribution < 1.29 is 9.13 Å². The summed E-state index contributed by atoms with van der Waals surface area (Å²) in [5.74, 6) is 0.0411. The number of nitrogens with zero attached hydrogens (tertiary/aromatic N) is 2. The Kier molecular flexibility index (Phi) is 3.36. The van der Waals surface area contributed by atoms with E-state index in [4.69, 9.17) is 10.5 Å². The molecule has 0 saturated heterocycles. The minimum absolute atomic E-state index is 0.279. The van der Waals surface area contributed by atoms with E-state index >= 15 is 0 Å². The highest BCUT2D eigenvalue weighted by Gasteiger charge is 2.08. The molecule has 18 heavy (non-hydrogen) atoms. The van der Waals surface area contributed by atoms with Gasteiger partial charge in [0.25, 0.3) is 0 Å². The molecular formula is C12H15FN4O. The lowest BCUT2D eigenvalue weighted by Gasteiger charge is -2.11. The van der Waals surface area contributed by atoms with Crippen LogP contribution in [0.1, 0.15) is 5.69 Å². The van der Waals surface area contributed by atoms with Crippen molar-refractivity contribution in [3.63, 3.8) is 0 Å². The smallest absolute Gasteiger partial charge is 0.148 e. The molecule has 0 radical (unpaired) electrons. The summed E-state index contributed by atoms with van der Waals surface area (Å²) in [6, 6.07) is 4.64. The number of halogens is 1. The first-order valence-electron chi connectivity index (χ1n) is 5.45. The Morgan fingerprint density at radius 2 is 2.28 bits per heavy atom. The summed E-state index contributed by atoms with van der Waals surface area (Å²) in [4.78, 5) is 0. The number of aryl methyl sites for hydroxylation is 1. The molecule has 96 valence electrons. The number of rotatable bonds is 4. The van der Waals surface area contributed by atoms with E-state index in [1.807, 2.05) is 13.1 Å². The van der Waals surface area contributed by atoms with E-state index < -0.39 is 5.82 Å². The van der Waals surface area contributed by atoms with Crippen LogP contribution in [0.5, 0.6) is 5.75 Å². The van der Waals surface area contributed by atoms with Crippen molar-refractivity contribution in [2.24, 2.45) is 7.05 Å². The van der Waals surface area contributed by atoms with Crippen LogP contribution in [0, 0.1) is 5.82 Å². The topological polar surface area (TPSA) is 65.1 Å². The highest BCUT2D eigenvalue weighted by atomic mass is 19.1. The quantitative estimate of drug-likeness (QED) is 0.811. The van der Waals surface area contributed by atoms with Gasteiger partial charge in [-0.2, -0.15) is 5.10 Å². The number of anilines is 2. The molecule has 0 amide bonds. The lowest BCUT2D eigenvalue weighted by atomic mass is 10.2. The van der Waals surface area contributed by atoms with Gasteiger partial charge in [-0.25, -0.2) is 4.39 Å². The van der Waals surface area contributed by atoms with E-state index in [0.29, 0.717) is 18.0 Å². The number of nitrogen functional groups attached to an aromatic ring is 1. The molecule has 2 aromatic rings. The molecule has 0 aliphatic carbocycles. The number of nitrogens with one attached hydrogen (secondary N) is 1. The zero-order chi connectivity index (χ0) is 13.1. The van der Waals surface area contributed by atoms with Gasteiger partial charge in [0.1, 0.15) is 11.6 Å². The Morgan fingerprint density at radius 3 is 2.89 bits per heavy atom. The van der Waals surface area contributed by atoms with Crippen LogP contribution in [0.2, 0.25) is 0 Å². The Balaban J connectivity index is 2.16. The molecule has 6 heteroatoms. The third kappa shape index (κ3) is 2.37. The highest BCUT2D eigenvalue weighted by Crippen LogP contribution is 2.28. The molecule has 5 nitrogen and oxygen atoms in total. The van der Waals surface area contributed by atoms with E-state index in [1.165, 1.54) is 13.2 Å². The Bertz CT molecular complexity index is 553. The summed E-state index contributed by atoms with van der Waals surface area (Å²) in [6.45, 7) is 0.473. The largest absolute Gasteiger partial charge is 0.495 e. The minimum atomic E-state index is -0.407. The summed E-state index contributed by atoms with van der Waals surface area (Å²) in [5, 5.41) is 7.02. The second kappa shape index (κ2) is 4.95. The Labute approximate surface area is 104 Å². The summed E-state index contributed by atoms with van der Waals surface area (Å²) < 4.78 is 20.4.